The van der Waals surface area contributed by atoms with Crippen molar-refractivity contribution in [2.24, 2.45) is 0 Å². The molecule has 1 aromatic rings. The minimum absolute atomic E-state index is 0.166. The molecule has 0 spiro atoms. The van der Waals surface area contributed by atoms with Crippen LogP contribution in [0.15, 0.2) is 22.7 Å². The predicted octanol–water partition coefficient (Wildman–Crippen LogP) is 3.99. The molecule has 2 rings (SSSR count). The van der Waals surface area contributed by atoms with Crippen LogP contribution in [0.2, 0.25) is 0 Å². The first kappa shape index (κ1) is 13.5. The Bertz CT molecular complexity index is 453. The van der Waals surface area contributed by atoms with Crippen LogP contribution in [0.25, 0.3) is 0 Å². The molecule has 1 heterocycles. The molecule has 1 saturated heterocycles. The van der Waals surface area contributed by atoms with Gasteiger partial charge in [-0.2, -0.15) is 0 Å². The summed E-state index contributed by atoms with van der Waals surface area (Å²) >= 11 is 3.20. The maximum Gasteiger partial charge on any atom is 0.257 e. The SMILES string of the molecule is CC1CCCC(C)N1C(=O)c1ccc(Br)cc1F. The fourth-order valence-electron chi connectivity index (χ4n) is 2.62. The van der Waals surface area contributed by atoms with Crippen LogP contribution in [0.3, 0.4) is 0 Å². The first-order valence-corrected chi connectivity index (χ1v) is 7.07. The first-order valence-electron chi connectivity index (χ1n) is 6.28. The van der Waals surface area contributed by atoms with Gasteiger partial charge in [0.25, 0.3) is 5.91 Å². The zero-order chi connectivity index (χ0) is 13.3. The molecule has 2 unspecified atom stereocenters. The monoisotopic (exact) mass is 313 g/mol. The summed E-state index contributed by atoms with van der Waals surface area (Å²) in [5.74, 6) is -0.654. The zero-order valence-electron chi connectivity index (χ0n) is 10.6. The maximum atomic E-state index is 13.8. The highest BCUT2D eigenvalue weighted by molar-refractivity contribution is 9.10. The van der Waals surface area contributed by atoms with Crippen molar-refractivity contribution >= 4 is 21.8 Å². The summed E-state index contributed by atoms with van der Waals surface area (Å²) in [4.78, 5) is 14.2. The van der Waals surface area contributed by atoms with Gasteiger partial charge in [0.15, 0.2) is 0 Å². The molecule has 1 amide bonds. The molecule has 18 heavy (non-hydrogen) atoms. The predicted molar refractivity (Wildman–Crippen MR) is 73.0 cm³/mol. The van der Waals surface area contributed by atoms with E-state index < -0.39 is 5.82 Å². The third-order valence-corrected chi connectivity index (χ3v) is 4.08. The van der Waals surface area contributed by atoms with E-state index in [1.54, 1.807) is 12.1 Å². The number of hydrogen-bond donors (Lipinski definition) is 0. The molecule has 1 aliphatic rings. The Kier molecular flexibility index (Phi) is 4.05. The number of halogens is 2. The largest absolute Gasteiger partial charge is 0.333 e. The van der Waals surface area contributed by atoms with Crippen LogP contribution in [0, 0.1) is 5.82 Å². The van der Waals surface area contributed by atoms with Crippen molar-refractivity contribution in [1.82, 2.24) is 4.90 Å². The second-order valence-electron chi connectivity index (χ2n) is 4.97. The summed E-state index contributed by atoms with van der Waals surface area (Å²) in [6.45, 7) is 4.06. The first-order chi connectivity index (χ1) is 8.50. The van der Waals surface area contributed by atoms with E-state index in [9.17, 15) is 9.18 Å². The van der Waals surface area contributed by atoms with Crippen molar-refractivity contribution < 1.29 is 9.18 Å². The van der Waals surface area contributed by atoms with Crippen molar-refractivity contribution in [3.63, 3.8) is 0 Å². The molecule has 0 radical (unpaired) electrons. The lowest BCUT2D eigenvalue weighted by atomic mass is 9.96. The molecular weight excluding hydrogens is 297 g/mol. The van der Waals surface area contributed by atoms with Gasteiger partial charge >= 0.3 is 0 Å². The normalized spacial score (nSPS) is 24.1. The Labute approximate surface area is 115 Å². The summed E-state index contributed by atoms with van der Waals surface area (Å²) in [7, 11) is 0. The van der Waals surface area contributed by atoms with Crippen molar-refractivity contribution in [2.75, 3.05) is 0 Å². The second-order valence-corrected chi connectivity index (χ2v) is 5.88. The number of carbonyl (C=O) groups is 1. The molecule has 1 fully saturated rings. The zero-order valence-corrected chi connectivity index (χ0v) is 12.2. The Morgan fingerprint density at radius 2 is 1.94 bits per heavy atom. The van der Waals surface area contributed by atoms with Gasteiger partial charge in [0.1, 0.15) is 5.82 Å². The quantitative estimate of drug-likeness (QED) is 0.767. The Balaban J connectivity index is 2.29. The van der Waals surface area contributed by atoms with E-state index in [1.807, 2.05) is 18.7 Å². The topological polar surface area (TPSA) is 20.3 Å². The summed E-state index contributed by atoms with van der Waals surface area (Å²) in [6, 6.07) is 4.96. The molecule has 4 heteroatoms. The smallest absolute Gasteiger partial charge is 0.257 e. The van der Waals surface area contributed by atoms with Gasteiger partial charge in [-0.25, -0.2) is 4.39 Å². The molecule has 0 aliphatic carbocycles. The molecule has 1 aliphatic heterocycles. The fourth-order valence-corrected chi connectivity index (χ4v) is 2.96. The Morgan fingerprint density at radius 3 is 2.50 bits per heavy atom. The lowest BCUT2D eigenvalue weighted by Crippen LogP contribution is -2.47. The van der Waals surface area contributed by atoms with Gasteiger partial charge in [0.05, 0.1) is 5.56 Å². The lowest BCUT2D eigenvalue weighted by Gasteiger charge is -2.39. The molecule has 2 nitrogen and oxygen atoms in total. The van der Waals surface area contributed by atoms with Gasteiger partial charge in [0, 0.05) is 16.6 Å². The van der Waals surface area contributed by atoms with E-state index in [4.69, 9.17) is 0 Å². The molecule has 0 N–H and O–H groups in total. The summed E-state index contributed by atoms with van der Waals surface area (Å²) < 4.78 is 14.5. The number of nitrogens with zero attached hydrogens (tertiary/aromatic N) is 1. The number of hydrogen-bond acceptors (Lipinski definition) is 1. The van der Waals surface area contributed by atoms with Crippen molar-refractivity contribution in [2.45, 2.75) is 45.2 Å². The number of benzene rings is 1. The number of likely N-dealkylation sites (tertiary alicyclic amines) is 1. The fraction of sp³-hybridized carbons (Fsp3) is 0.500. The minimum atomic E-state index is -0.459. The van der Waals surface area contributed by atoms with E-state index in [0.717, 1.165) is 19.3 Å². The van der Waals surface area contributed by atoms with E-state index in [-0.39, 0.29) is 23.6 Å². The third kappa shape index (κ3) is 2.58. The maximum absolute atomic E-state index is 13.8. The molecule has 98 valence electrons. The highest BCUT2D eigenvalue weighted by Gasteiger charge is 2.30. The Morgan fingerprint density at radius 1 is 1.33 bits per heavy atom. The van der Waals surface area contributed by atoms with Crippen molar-refractivity contribution in [3.8, 4) is 0 Å². The number of amides is 1. The minimum Gasteiger partial charge on any atom is -0.333 e. The van der Waals surface area contributed by atoms with Crippen molar-refractivity contribution in [3.05, 3.63) is 34.1 Å². The summed E-state index contributed by atoms with van der Waals surface area (Å²) in [5, 5.41) is 0. The molecule has 2 atom stereocenters. The lowest BCUT2D eigenvalue weighted by molar-refractivity contribution is 0.0506. The van der Waals surface area contributed by atoms with E-state index in [1.165, 1.54) is 6.07 Å². The highest BCUT2D eigenvalue weighted by Crippen LogP contribution is 2.26. The van der Waals surface area contributed by atoms with Crippen LogP contribution in [-0.4, -0.2) is 22.9 Å². The van der Waals surface area contributed by atoms with E-state index in [2.05, 4.69) is 15.9 Å². The van der Waals surface area contributed by atoms with Gasteiger partial charge in [0.2, 0.25) is 0 Å². The van der Waals surface area contributed by atoms with Gasteiger partial charge in [-0.3, -0.25) is 4.79 Å². The van der Waals surface area contributed by atoms with Gasteiger partial charge in [-0.1, -0.05) is 15.9 Å². The summed E-state index contributed by atoms with van der Waals surface area (Å²) in [6.07, 6.45) is 3.12. The molecule has 0 bridgehead atoms. The van der Waals surface area contributed by atoms with E-state index in [0.29, 0.717) is 4.47 Å². The standard InChI is InChI=1S/C14H17BrFNO/c1-9-4-3-5-10(2)17(9)14(18)12-7-6-11(15)8-13(12)16/h6-10H,3-5H2,1-2H3. The molecule has 0 aromatic heterocycles. The van der Waals surface area contributed by atoms with Crippen LogP contribution < -0.4 is 0 Å². The van der Waals surface area contributed by atoms with Gasteiger partial charge < -0.3 is 4.90 Å². The van der Waals surface area contributed by atoms with Crippen molar-refractivity contribution in [1.29, 1.82) is 0 Å². The summed E-state index contributed by atoms with van der Waals surface area (Å²) in [5.41, 5.74) is 0.166. The average molecular weight is 314 g/mol. The molecule has 1 aromatic carbocycles. The molecular formula is C14H17BrFNO. The Hall–Kier alpha value is -0.900. The van der Waals surface area contributed by atoms with Crippen LogP contribution in [0.5, 0.6) is 0 Å². The van der Waals surface area contributed by atoms with E-state index >= 15 is 0 Å². The number of piperidine rings is 1. The third-order valence-electron chi connectivity index (χ3n) is 3.59. The van der Waals surface area contributed by atoms with Gasteiger partial charge in [-0.05, 0) is 51.3 Å². The highest BCUT2D eigenvalue weighted by atomic mass is 79.9. The van der Waals surface area contributed by atoms with Crippen LogP contribution in [0.1, 0.15) is 43.5 Å². The van der Waals surface area contributed by atoms with Crippen LogP contribution >= 0.6 is 15.9 Å². The number of rotatable bonds is 1. The van der Waals surface area contributed by atoms with Crippen LogP contribution in [-0.2, 0) is 0 Å². The second kappa shape index (κ2) is 5.39. The van der Waals surface area contributed by atoms with Gasteiger partial charge in [-0.15, -0.1) is 0 Å². The molecule has 0 saturated carbocycles. The average Bonchev–Trinajstić information content (AvgIpc) is 2.28. The van der Waals surface area contributed by atoms with Crippen LogP contribution in [0.4, 0.5) is 4.39 Å². The number of carbonyl (C=O) groups excluding carboxylic acids is 1.